The molecular weight excluding hydrogens is 154 g/mol. The van der Waals surface area contributed by atoms with Gasteiger partial charge in [0.05, 0.1) is 19.4 Å². The summed E-state index contributed by atoms with van der Waals surface area (Å²) in [6, 6.07) is 0. The minimum absolute atomic E-state index is 0.00940. The molecule has 1 aromatic rings. The van der Waals surface area contributed by atoms with Gasteiger partial charge in [0.2, 0.25) is 0 Å². The average molecular weight is 167 g/mol. The van der Waals surface area contributed by atoms with Crippen LogP contribution >= 0.6 is 0 Å². The Hall–Kier alpha value is -1.09. The second-order valence-electron chi connectivity index (χ2n) is 2.69. The van der Waals surface area contributed by atoms with E-state index in [0.717, 1.165) is 22.6 Å². The van der Waals surface area contributed by atoms with Crippen molar-refractivity contribution in [2.75, 3.05) is 7.11 Å². The van der Waals surface area contributed by atoms with Crippen LogP contribution in [0.25, 0.3) is 0 Å². The van der Waals surface area contributed by atoms with Crippen LogP contribution in [0.1, 0.15) is 16.8 Å². The molecule has 1 aromatic heterocycles. The summed E-state index contributed by atoms with van der Waals surface area (Å²) in [4.78, 5) is 4.10. The standard InChI is InChI=1S/C9H13NO2/c1-6-8(5-11)4-10-7(2)9(6)12-3/h4,11H,5H2,1-3H3. The molecule has 12 heavy (non-hydrogen) atoms. The van der Waals surface area contributed by atoms with Gasteiger partial charge in [-0.3, -0.25) is 4.98 Å². The quantitative estimate of drug-likeness (QED) is 0.719. The van der Waals surface area contributed by atoms with Crippen molar-refractivity contribution in [2.45, 2.75) is 20.5 Å². The number of aromatic nitrogens is 1. The van der Waals surface area contributed by atoms with Crippen molar-refractivity contribution < 1.29 is 9.84 Å². The molecule has 0 atom stereocenters. The first-order valence-corrected chi connectivity index (χ1v) is 3.80. The molecule has 0 aromatic carbocycles. The van der Waals surface area contributed by atoms with Crippen LogP contribution in [0.2, 0.25) is 0 Å². The lowest BCUT2D eigenvalue weighted by atomic mass is 10.1. The average Bonchev–Trinajstić information content (AvgIpc) is 2.06. The predicted octanol–water partition coefficient (Wildman–Crippen LogP) is 1.20. The molecule has 0 unspecified atom stereocenters. The van der Waals surface area contributed by atoms with E-state index in [9.17, 15) is 0 Å². The number of hydrogen-bond acceptors (Lipinski definition) is 3. The van der Waals surface area contributed by atoms with Crippen LogP contribution in [0.4, 0.5) is 0 Å². The monoisotopic (exact) mass is 167 g/mol. The highest BCUT2D eigenvalue weighted by atomic mass is 16.5. The second kappa shape index (κ2) is 3.54. The third kappa shape index (κ3) is 1.41. The largest absolute Gasteiger partial charge is 0.495 e. The number of aliphatic hydroxyl groups is 1. The Balaban J connectivity index is 3.24. The first kappa shape index (κ1) is 9.00. The van der Waals surface area contributed by atoms with Crippen molar-refractivity contribution in [1.82, 2.24) is 4.98 Å². The first-order chi connectivity index (χ1) is 5.70. The van der Waals surface area contributed by atoms with Gasteiger partial charge < -0.3 is 9.84 Å². The van der Waals surface area contributed by atoms with E-state index < -0.39 is 0 Å². The molecule has 0 aliphatic carbocycles. The van der Waals surface area contributed by atoms with Gasteiger partial charge in [-0.25, -0.2) is 0 Å². The fraction of sp³-hybridized carbons (Fsp3) is 0.444. The number of aliphatic hydroxyl groups excluding tert-OH is 1. The third-order valence-corrected chi connectivity index (χ3v) is 1.94. The summed E-state index contributed by atoms with van der Waals surface area (Å²) in [5.41, 5.74) is 2.64. The van der Waals surface area contributed by atoms with Crippen molar-refractivity contribution in [3.63, 3.8) is 0 Å². The van der Waals surface area contributed by atoms with E-state index in [1.807, 2.05) is 13.8 Å². The lowest BCUT2D eigenvalue weighted by Crippen LogP contribution is -1.98. The summed E-state index contributed by atoms with van der Waals surface area (Å²) in [5.74, 6) is 0.765. The highest BCUT2D eigenvalue weighted by molar-refractivity contribution is 5.40. The number of hydrogen-bond donors (Lipinski definition) is 1. The highest BCUT2D eigenvalue weighted by Gasteiger charge is 2.07. The van der Waals surface area contributed by atoms with Crippen molar-refractivity contribution in [3.05, 3.63) is 23.0 Å². The van der Waals surface area contributed by atoms with Gasteiger partial charge in [-0.2, -0.15) is 0 Å². The van der Waals surface area contributed by atoms with E-state index >= 15 is 0 Å². The Morgan fingerprint density at radius 2 is 2.17 bits per heavy atom. The number of nitrogens with zero attached hydrogens (tertiary/aromatic N) is 1. The van der Waals surface area contributed by atoms with Gasteiger partial charge in [0, 0.05) is 11.8 Å². The SMILES string of the molecule is COc1c(C)ncc(CO)c1C. The van der Waals surface area contributed by atoms with Crippen LogP contribution in [0, 0.1) is 13.8 Å². The molecular formula is C9H13NO2. The molecule has 66 valence electrons. The molecule has 0 saturated carbocycles. The predicted molar refractivity (Wildman–Crippen MR) is 46.2 cm³/mol. The molecule has 0 bridgehead atoms. The smallest absolute Gasteiger partial charge is 0.143 e. The molecule has 3 nitrogen and oxygen atoms in total. The van der Waals surface area contributed by atoms with E-state index in [4.69, 9.17) is 9.84 Å². The molecule has 1 heterocycles. The Morgan fingerprint density at radius 1 is 1.50 bits per heavy atom. The van der Waals surface area contributed by atoms with E-state index in [2.05, 4.69) is 4.98 Å². The fourth-order valence-corrected chi connectivity index (χ4v) is 1.21. The van der Waals surface area contributed by atoms with E-state index in [0.29, 0.717) is 0 Å². The molecule has 0 aliphatic rings. The maximum atomic E-state index is 8.93. The Morgan fingerprint density at radius 3 is 2.67 bits per heavy atom. The van der Waals surface area contributed by atoms with Crippen molar-refractivity contribution in [2.24, 2.45) is 0 Å². The summed E-state index contributed by atoms with van der Waals surface area (Å²) in [5, 5.41) is 8.93. The molecule has 0 saturated heterocycles. The summed E-state index contributed by atoms with van der Waals surface area (Å²) in [7, 11) is 1.61. The van der Waals surface area contributed by atoms with Crippen LogP contribution in [0.15, 0.2) is 6.20 Å². The third-order valence-electron chi connectivity index (χ3n) is 1.94. The van der Waals surface area contributed by atoms with Crippen LogP contribution in [-0.4, -0.2) is 17.2 Å². The number of aryl methyl sites for hydroxylation is 1. The van der Waals surface area contributed by atoms with Gasteiger partial charge in [0.25, 0.3) is 0 Å². The van der Waals surface area contributed by atoms with Gasteiger partial charge in [0.15, 0.2) is 0 Å². The first-order valence-electron chi connectivity index (χ1n) is 3.80. The van der Waals surface area contributed by atoms with Crippen molar-refractivity contribution in [1.29, 1.82) is 0 Å². The minimum atomic E-state index is 0.00940. The number of pyridine rings is 1. The van der Waals surface area contributed by atoms with Crippen LogP contribution < -0.4 is 4.74 Å². The van der Waals surface area contributed by atoms with E-state index in [1.54, 1.807) is 13.3 Å². The normalized spacial score (nSPS) is 10.0. The van der Waals surface area contributed by atoms with Gasteiger partial charge >= 0.3 is 0 Å². The zero-order valence-corrected chi connectivity index (χ0v) is 7.59. The lowest BCUT2D eigenvalue weighted by Gasteiger charge is -2.09. The number of rotatable bonds is 2. The Bertz CT molecular complexity index is 284. The zero-order chi connectivity index (χ0) is 9.14. The summed E-state index contributed by atoms with van der Waals surface area (Å²) in [6.07, 6.45) is 1.67. The zero-order valence-electron chi connectivity index (χ0n) is 7.59. The van der Waals surface area contributed by atoms with Crippen LogP contribution in [0.5, 0.6) is 5.75 Å². The fourth-order valence-electron chi connectivity index (χ4n) is 1.21. The Kier molecular flexibility index (Phi) is 2.65. The van der Waals surface area contributed by atoms with E-state index in [1.165, 1.54) is 0 Å². The maximum absolute atomic E-state index is 8.93. The molecule has 1 N–H and O–H groups in total. The molecule has 0 fully saturated rings. The van der Waals surface area contributed by atoms with Gasteiger partial charge in [-0.05, 0) is 19.4 Å². The molecule has 3 heteroatoms. The van der Waals surface area contributed by atoms with Gasteiger partial charge in [-0.1, -0.05) is 0 Å². The van der Waals surface area contributed by atoms with Crippen LogP contribution in [0.3, 0.4) is 0 Å². The van der Waals surface area contributed by atoms with E-state index in [-0.39, 0.29) is 6.61 Å². The molecule has 1 rings (SSSR count). The number of methoxy groups -OCH3 is 1. The van der Waals surface area contributed by atoms with Crippen LogP contribution in [-0.2, 0) is 6.61 Å². The number of ether oxygens (including phenoxy) is 1. The van der Waals surface area contributed by atoms with Crippen molar-refractivity contribution >= 4 is 0 Å². The molecule has 0 amide bonds. The lowest BCUT2D eigenvalue weighted by molar-refractivity contribution is 0.279. The molecule has 0 spiro atoms. The Labute approximate surface area is 72.0 Å². The topological polar surface area (TPSA) is 42.4 Å². The summed E-state index contributed by atoms with van der Waals surface area (Å²) >= 11 is 0. The van der Waals surface area contributed by atoms with Gasteiger partial charge in [-0.15, -0.1) is 0 Å². The maximum Gasteiger partial charge on any atom is 0.143 e. The molecule has 0 aliphatic heterocycles. The summed E-state index contributed by atoms with van der Waals surface area (Å²) in [6.45, 7) is 3.81. The highest BCUT2D eigenvalue weighted by Crippen LogP contribution is 2.23. The minimum Gasteiger partial charge on any atom is -0.495 e. The summed E-state index contributed by atoms with van der Waals surface area (Å²) < 4.78 is 5.14. The molecule has 0 radical (unpaired) electrons. The second-order valence-corrected chi connectivity index (χ2v) is 2.69. The van der Waals surface area contributed by atoms with Gasteiger partial charge in [0.1, 0.15) is 5.75 Å². The van der Waals surface area contributed by atoms with Crippen molar-refractivity contribution in [3.8, 4) is 5.75 Å².